The highest BCUT2D eigenvalue weighted by molar-refractivity contribution is 7.89. The van der Waals surface area contributed by atoms with Crippen molar-refractivity contribution >= 4 is 20.0 Å². The molecule has 1 aromatic carbocycles. The second-order valence-corrected chi connectivity index (χ2v) is 9.84. The van der Waals surface area contributed by atoms with E-state index in [4.69, 9.17) is 4.74 Å². The molecular formula is C15H24N2O5S2. The molecule has 1 heterocycles. The number of aryl methyl sites for hydroxylation is 1. The lowest BCUT2D eigenvalue weighted by molar-refractivity contribution is 0.0393. The smallest absolute Gasteiger partial charge is 0.215 e. The van der Waals surface area contributed by atoms with E-state index in [1.165, 1.54) is 4.31 Å². The first-order valence-electron chi connectivity index (χ1n) is 7.80. The lowest BCUT2D eigenvalue weighted by Gasteiger charge is -2.32. The number of nitrogens with zero attached hydrogens (tertiary/aromatic N) is 1. The number of benzene rings is 1. The highest BCUT2D eigenvalue weighted by Gasteiger charge is 2.29. The predicted molar refractivity (Wildman–Crippen MR) is 92.6 cm³/mol. The Morgan fingerprint density at radius 3 is 2.50 bits per heavy atom. The predicted octanol–water partition coefficient (Wildman–Crippen LogP) is 0.465. The number of hydrogen-bond donors (Lipinski definition) is 1. The summed E-state index contributed by atoms with van der Waals surface area (Å²) >= 11 is 0. The van der Waals surface area contributed by atoms with Gasteiger partial charge < -0.3 is 4.74 Å². The van der Waals surface area contributed by atoms with Crippen LogP contribution in [0, 0.1) is 6.92 Å². The number of sulfonamides is 2. The molecule has 136 valence electrons. The Balaban J connectivity index is 1.88. The topological polar surface area (TPSA) is 92.8 Å². The standard InChI is InChI=1S/C15H24N2O5S2/c1-13-3-5-15(6-4-13)12-23(18,19)16-7-10-24(20,21)17-8-9-22-11-14(17)2/h3-6,14,16H,7-12H2,1-2H3. The second kappa shape index (κ2) is 7.92. The Morgan fingerprint density at radius 1 is 1.21 bits per heavy atom. The molecule has 1 atom stereocenters. The van der Waals surface area contributed by atoms with Crippen LogP contribution in [-0.2, 0) is 30.5 Å². The van der Waals surface area contributed by atoms with E-state index in [1.54, 1.807) is 19.1 Å². The number of ether oxygens (including phenoxy) is 1. The number of hydrogen-bond acceptors (Lipinski definition) is 5. The monoisotopic (exact) mass is 376 g/mol. The molecule has 0 spiro atoms. The summed E-state index contributed by atoms with van der Waals surface area (Å²) in [5.41, 5.74) is 1.72. The summed E-state index contributed by atoms with van der Waals surface area (Å²) in [6.45, 7) is 4.59. The minimum absolute atomic E-state index is 0.138. The van der Waals surface area contributed by atoms with Crippen molar-refractivity contribution < 1.29 is 21.6 Å². The Morgan fingerprint density at radius 2 is 1.88 bits per heavy atom. The van der Waals surface area contributed by atoms with Gasteiger partial charge in [-0.05, 0) is 19.4 Å². The Hall–Kier alpha value is -1.00. The summed E-state index contributed by atoms with van der Waals surface area (Å²) in [4.78, 5) is 0. The first-order valence-corrected chi connectivity index (χ1v) is 11.1. The zero-order valence-corrected chi connectivity index (χ0v) is 15.6. The minimum atomic E-state index is -3.57. The van der Waals surface area contributed by atoms with Gasteiger partial charge in [0.15, 0.2) is 0 Å². The van der Waals surface area contributed by atoms with Gasteiger partial charge in [-0.1, -0.05) is 29.8 Å². The number of morpholine rings is 1. The molecule has 1 aliphatic heterocycles. The fourth-order valence-electron chi connectivity index (χ4n) is 2.52. The molecule has 0 bridgehead atoms. The van der Waals surface area contributed by atoms with Gasteiger partial charge >= 0.3 is 0 Å². The summed E-state index contributed by atoms with van der Waals surface area (Å²) < 4.78 is 57.7. The van der Waals surface area contributed by atoms with E-state index < -0.39 is 20.0 Å². The van der Waals surface area contributed by atoms with E-state index >= 15 is 0 Å². The fraction of sp³-hybridized carbons (Fsp3) is 0.600. The summed E-state index contributed by atoms with van der Waals surface area (Å²) in [6, 6.07) is 6.96. The summed E-state index contributed by atoms with van der Waals surface area (Å²) in [7, 11) is -7.08. The van der Waals surface area contributed by atoms with E-state index in [2.05, 4.69) is 4.72 Å². The molecule has 1 aliphatic rings. The molecule has 7 nitrogen and oxygen atoms in total. The fourth-order valence-corrected chi connectivity index (χ4v) is 5.36. The highest BCUT2D eigenvalue weighted by Crippen LogP contribution is 2.12. The van der Waals surface area contributed by atoms with Gasteiger partial charge in [0, 0.05) is 19.1 Å². The second-order valence-electron chi connectivity index (χ2n) is 5.99. The molecule has 1 fully saturated rings. The van der Waals surface area contributed by atoms with Crippen LogP contribution in [0.1, 0.15) is 18.1 Å². The van der Waals surface area contributed by atoms with Crippen molar-refractivity contribution in [1.82, 2.24) is 9.03 Å². The lowest BCUT2D eigenvalue weighted by atomic mass is 10.2. The van der Waals surface area contributed by atoms with Gasteiger partial charge in [-0.3, -0.25) is 0 Å². The molecule has 0 saturated carbocycles. The summed E-state index contributed by atoms with van der Waals surface area (Å²) in [6.07, 6.45) is 0. The van der Waals surface area contributed by atoms with Crippen LogP contribution in [-0.4, -0.2) is 59.2 Å². The lowest BCUT2D eigenvalue weighted by Crippen LogP contribution is -2.49. The molecule has 1 saturated heterocycles. The maximum absolute atomic E-state index is 12.3. The third kappa shape index (κ3) is 5.52. The van der Waals surface area contributed by atoms with Crippen LogP contribution in [0.25, 0.3) is 0 Å². The largest absolute Gasteiger partial charge is 0.378 e. The molecule has 0 aromatic heterocycles. The zero-order chi connectivity index (χ0) is 17.8. The Bertz CT molecular complexity index is 745. The van der Waals surface area contributed by atoms with E-state index in [0.717, 1.165) is 5.56 Å². The van der Waals surface area contributed by atoms with Crippen LogP contribution in [0.15, 0.2) is 24.3 Å². The maximum Gasteiger partial charge on any atom is 0.215 e. The van der Waals surface area contributed by atoms with Crippen LogP contribution in [0.3, 0.4) is 0 Å². The van der Waals surface area contributed by atoms with Crippen LogP contribution in [0.4, 0.5) is 0 Å². The zero-order valence-electron chi connectivity index (χ0n) is 13.9. The van der Waals surface area contributed by atoms with Gasteiger partial charge in [0.25, 0.3) is 0 Å². The van der Waals surface area contributed by atoms with Gasteiger partial charge in [0.1, 0.15) is 0 Å². The van der Waals surface area contributed by atoms with Gasteiger partial charge in [-0.25, -0.2) is 21.6 Å². The van der Waals surface area contributed by atoms with E-state index in [1.807, 2.05) is 19.1 Å². The maximum atomic E-state index is 12.3. The SMILES string of the molecule is Cc1ccc(CS(=O)(=O)NCCS(=O)(=O)N2CCOCC2C)cc1. The Labute approximate surface area is 144 Å². The van der Waals surface area contributed by atoms with Crippen LogP contribution in [0.5, 0.6) is 0 Å². The van der Waals surface area contributed by atoms with Crippen LogP contribution < -0.4 is 4.72 Å². The molecule has 2 rings (SSSR count). The van der Waals surface area contributed by atoms with Crippen molar-refractivity contribution in [2.45, 2.75) is 25.6 Å². The van der Waals surface area contributed by atoms with Crippen LogP contribution >= 0.6 is 0 Å². The number of rotatable bonds is 7. The molecule has 24 heavy (non-hydrogen) atoms. The van der Waals surface area contributed by atoms with E-state index in [9.17, 15) is 16.8 Å². The average molecular weight is 377 g/mol. The molecular weight excluding hydrogens is 352 g/mol. The number of nitrogens with one attached hydrogen (secondary N) is 1. The quantitative estimate of drug-likeness (QED) is 0.746. The normalized spacial score (nSPS) is 20.2. The van der Waals surface area contributed by atoms with Gasteiger partial charge in [0.2, 0.25) is 20.0 Å². The van der Waals surface area contributed by atoms with Crippen molar-refractivity contribution in [2.24, 2.45) is 0 Å². The third-order valence-corrected chi connectivity index (χ3v) is 7.16. The summed E-state index contributed by atoms with van der Waals surface area (Å²) in [5, 5.41) is 0. The van der Waals surface area contributed by atoms with E-state index in [0.29, 0.717) is 25.3 Å². The van der Waals surface area contributed by atoms with Crippen molar-refractivity contribution in [1.29, 1.82) is 0 Å². The minimum Gasteiger partial charge on any atom is -0.378 e. The Kier molecular flexibility index (Phi) is 6.38. The molecule has 0 aliphatic carbocycles. The van der Waals surface area contributed by atoms with E-state index in [-0.39, 0.29) is 24.1 Å². The highest BCUT2D eigenvalue weighted by atomic mass is 32.2. The molecule has 9 heteroatoms. The first-order chi connectivity index (χ1) is 11.2. The first kappa shape index (κ1) is 19.3. The van der Waals surface area contributed by atoms with Crippen molar-refractivity contribution in [2.75, 3.05) is 32.1 Å². The molecule has 1 aromatic rings. The molecule has 0 radical (unpaired) electrons. The summed E-state index contributed by atoms with van der Waals surface area (Å²) in [5.74, 6) is -0.425. The molecule has 1 N–H and O–H groups in total. The van der Waals surface area contributed by atoms with Crippen LogP contribution in [0.2, 0.25) is 0 Å². The van der Waals surface area contributed by atoms with Crippen molar-refractivity contribution in [3.05, 3.63) is 35.4 Å². The third-order valence-electron chi connectivity index (χ3n) is 3.82. The molecule has 0 amide bonds. The molecule has 1 unspecified atom stereocenters. The average Bonchev–Trinajstić information content (AvgIpc) is 2.49. The van der Waals surface area contributed by atoms with Crippen molar-refractivity contribution in [3.63, 3.8) is 0 Å². The van der Waals surface area contributed by atoms with Gasteiger partial charge in [0.05, 0.1) is 24.7 Å². The van der Waals surface area contributed by atoms with Crippen molar-refractivity contribution in [3.8, 4) is 0 Å². The van der Waals surface area contributed by atoms with Gasteiger partial charge in [-0.2, -0.15) is 4.31 Å². The van der Waals surface area contributed by atoms with Gasteiger partial charge in [-0.15, -0.1) is 0 Å².